The van der Waals surface area contributed by atoms with Gasteiger partial charge in [-0.2, -0.15) is 13.2 Å². The van der Waals surface area contributed by atoms with E-state index in [0.29, 0.717) is 18.2 Å². The molecule has 3 rings (SSSR count). The molecule has 12 heteroatoms. The van der Waals surface area contributed by atoms with Crippen LogP contribution in [0.3, 0.4) is 0 Å². The van der Waals surface area contributed by atoms with Crippen LogP contribution in [0.15, 0.2) is 36.4 Å². The normalized spacial score (nSPS) is 11.5. The Labute approximate surface area is 168 Å². The maximum atomic E-state index is 14.3. The monoisotopic (exact) mass is 450 g/mol. The van der Waals surface area contributed by atoms with Crippen molar-refractivity contribution in [3.63, 3.8) is 0 Å². The Balaban J connectivity index is 2.16. The van der Waals surface area contributed by atoms with Crippen LogP contribution in [0.5, 0.6) is 23.0 Å². The number of alkyl halides is 3. The van der Waals surface area contributed by atoms with Gasteiger partial charge >= 0.3 is 6.18 Å². The molecule has 0 saturated heterocycles. The summed E-state index contributed by atoms with van der Waals surface area (Å²) in [4.78, 5) is 0. The molecule has 164 valence electrons. The smallest absolute Gasteiger partial charge is 0.422 e. The van der Waals surface area contributed by atoms with Gasteiger partial charge in [-0.25, -0.2) is 22.0 Å². The van der Waals surface area contributed by atoms with E-state index in [2.05, 4.69) is 4.74 Å². The number of nitrogens with two attached hydrogens (primary N) is 2. The second-order valence-electron chi connectivity index (χ2n) is 6.04. The number of halogens is 8. The summed E-state index contributed by atoms with van der Waals surface area (Å²) in [5.74, 6) is -12.5. The first-order valence-electron chi connectivity index (χ1n) is 8.13. The molecule has 0 aliphatic rings. The molecule has 0 unspecified atom stereocenters. The van der Waals surface area contributed by atoms with Gasteiger partial charge in [0.2, 0.25) is 11.5 Å². The summed E-state index contributed by atoms with van der Waals surface area (Å²) in [6, 6.07) is 3.44. The minimum atomic E-state index is -5.38. The largest absolute Gasteiger partial charge is 0.451 e. The lowest BCUT2D eigenvalue weighted by atomic mass is 10.1. The van der Waals surface area contributed by atoms with Crippen LogP contribution >= 0.6 is 0 Å². The van der Waals surface area contributed by atoms with Crippen molar-refractivity contribution in [3.05, 3.63) is 71.0 Å². The quantitative estimate of drug-likeness (QED) is 0.370. The van der Waals surface area contributed by atoms with Gasteiger partial charge in [-0.05, 0) is 24.3 Å². The molecule has 4 N–H and O–H groups in total. The molecular weight excluding hydrogens is 440 g/mol. The van der Waals surface area contributed by atoms with Crippen molar-refractivity contribution in [3.8, 4) is 23.0 Å². The van der Waals surface area contributed by atoms with Gasteiger partial charge in [0.1, 0.15) is 22.9 Å². The Morgan fingerprint density at radius 3 is 1.61 bits per heavy atom. The number of nitrogen functional groups attached to an aromatic ring is 2. The lowest BCUT2D eigenvalue weighted by Gasteiger charge is -2.17. The van der Waals surface area contributed by atoms with E-state index in [1.807, 2.05) is 0 Å². The second kappa shape index (κ2) is 7.85. The SMILES string of the molecule is Nc1ccc(F)c(Oc2cc(F)c(C(F)(F)F)c(Oc3c(F)ccc(N)c3F)c2)c1F. The van der Waals surface area contributed by atoms with Crippen LogP contribution in [0.2, 0.25) is 0 Å². The molecule has 0 amide bonds. The number of hydrogen-bond acceptors (Lipinski definition) is 4. The molecule has 3 aromatic carbocycles. The van der Waals surface area contributed by atoms with E-state index in [-0.39, 0.29) is 6.07 Å². The fourth-order valence-corrected chi connectivity index (χ4v) is 2.48. The summed E-state index contributed by atoms with van der Waals surface area (Å²) in [5, 5.41) is 0. The van der Waals surface area contributed by atoms with E-state index in [4.69, 9.17) is 16.2 Å². The number of anilines is 2. The molecule has 0 heterocycles. The Hall–Kier alpha value is -3.70. The minimum absolute atomic E-state index is 0.157. The standard InChI is InChI=1S/C19H10F8N2O2/c20-8-1-3-11(28)15(23)17(8)30-7-5-10(22)14(19(25,26)27)13(6-7)31-18-9(21)2-4-12(29)16(18)24/h1-6H,28-29H2. The average Bonchev–Trinajstić information content (AvgIpc) is 2.67. The van der Waals surface area contributed by atoms with E-state index in [1.54, 1.807) is 0 Å². The highest BCUT2D eigenvalue weighted by Gasteiger charge is 2.39. The highest BCUT2D eigenvalue weighted by Crippen LogP contribution is 2.44. The summed E-state index contributed by atoms with van der Waals surface area (Å²) in [6.07, 6.45) is -5.38. The first kappa shape index (κ1) is 22.0. The van der Waals surface area contributed by atoms with Crippen molar-refractivity contribution in [2.75, 3.05) is 11.5 Å². The van der Waals surface area contributed by atoms with Crippen LogP contribution < -0.4 is 20.9 Å². The molecule has 0 aromatic heterocycles. The van der Waals surface area contributed by atoms with Crippen LogP contribution in [-0.4, -0.2) is 0 Å². The van der Waals surface area contributed by atoms with Crippen molar-refractivity contribution in [2.45, 2.75) is 6.18 Å². The molecule has 0 saturated carbocycles. The van der Waals surface area contributed by atoms with E-state index in [0.717, 1.165) is 12.1 Å². The third kappa shape index (κ3) is 4.27. The molecule has 0 bridgehead atoms. The minimum Gasteiger partial charge on any atom is -0.451 e. The molecule has 0 aliphatic carbocycles. The lowest BCUT2D eigenvalue weighted by Crippen LogP contribution is -2.11. The summed E-state index contributed by atoms with van der Waals surface area (Å²) in [7, 11) is 0. The first-order valence-corrected chi connectivity index (χ1v) is 8.13. The van der Waals surface area contributed by atoms with Crippen LogP contribution in [0.25, 0.3) is 0 Å². The number of hydrogen-bond donors (Lipinski definition) is 2. The van der Waals surface area contributed by atoms with Crippen molar-refractivity contribution in [2.24, 2.45) is 0 Å². The average molecular weight is 450 g/mol. The number of benzene rings is 3. The van der Waals surface area contributed by atoms with Gasteiger partial charge in [-0.3, -0.25) is 0 Å². The van der Waals surface area contributed by atoms with E-state index in [9.17, 15) is 35.1 Å². The predicted molar refractivity (Wildman–Crippen MR) is 93.1 cm³/mol. The zero-order chi connectivity index (χ0) is 23.1. The number of rotatable bonds is 4. The molecule has 0 radical (unpaired) electrons. The van der Waals surface area contributed by atoms with Gasteiger partial charge in [0.15, 0.2) is 23.3 Å². The van der Waals surface area contributed by atoms with Gasteiger partial charge < -0.3 is 20.9 Å². The molecule has 0 aliphatic heterocycles. The van der Waals surface area contributed by atoms with Crippen molar-refractivity contribution in [1.29, 1.82) is 0 Å². The third-order valence-corrected chi connectivity index (χ3v) is 3.90. The van der Waals surface area contributed by atoms with Crippen molar-refractivity contribution >= 4 is 11.4 Å². The summed E-state index contributed by atoms with van der Waals surface area (Å²) in [6.45, 7) is 0. The molecular formula is C19H10F8N2O2. The Kier molecular flexibility index (Phi) is 5.57. The maximum absolute atomic E-state index is 14.3. The zero-order valence-electron chi connectivity index (χ0n) is 15.0. The Bertz CT molecular complexity index is 1160. The first-order chi connectivity index (χ1) is 14.4. The predicted octanol–water partition coefficient (Wildman–Crippen LogP) is 6.15. The van der Waals surface area contributed by atoms with Crippen LogP contribution in [-0.2, 0) is 6.18 Å². The molecule has 4 nitrogen and oxygen atoms in total. The highest BCUT2D eigenvalue weighted by atomic mass is 19.4. The fraction of sp³-hybridized carbons (Fsp3) is 0.0526. The summed E-state index contributed by atoms with van der Waals surface area (Å²) >= 11 is 0. The molecule has 0 fully saturated rings. The molecule has 31 heavy (non-hydrogen) atoms. The summed E-state index contributed by atoms with van der Waals surface area (Å²) < 4.78 is 119. The van der Waals surface area contributed by atoms with Crippen molar-refractivity contribution in [1.82, 2.24) is 0 Å². The van der Waals surface area contributed by atoms with Crippen molar-refractivity contribution < 1.29 is 44.6 Å². The topological polar surface area (TPSA) is 70.5 Å². The van der Waals surface area contributed by atoms with Crippen LogP contribution in [0, 0.1) is 29.1 Å². The van der Waals surface area contributed by atoms with Crippen LogP contribution in [0.1, 0.15) is 5.56 Å². The van der Waals surface area contributed by atoms with Gasteiger partial charge in [-0.15, -0.1) is 0 Å². The summed E-state index contributed by atoms with van der Waals surface area (Å²) in [5.41, 5.74) is 7.23. The van der Waals surface area contributed by atoms with E-state index < -0.39 is 75.2 Å². The van der Waals surface area contributed by atoms with Gasteiger partial charge in [-0.1, -0.05) is 0 Å². The fourth-order valence-electron chi connectivity index (χ4n) is 2.48. The van der Waals surface area contributed by atoms with E-state index in [1.165, 1.54) is 0 Å². The molecule has 0 atom stereocenters. The Morgan fingerprint density at radius 1 is 0.645 bits per heavy atom. The zero-order valence-corrected chi connectivity index (χ0v) is 15.0. The van der Waals surface area contributed by atoms with E-state index >= 15 is 0 Å². The van der Waals surface area contributed by atoms with Gasteiger partial charge in [0.05, 0.1) is 11.4 Å². The van der Waals surface area contributed by atoms with Gasteiger partial charge in [0, 0.05) is 12.1 Å². The van der Waals surface area contributed by atoms with Gasteiger partial charge in [0.25, 0.3) is 0 Å². The second-order valence-corrected chi connectivity index (χ2v) is 6.04. The molecule has 3 aromatic rings. The third-order valence-electron chi connectivity index (χ3n) is 3.90. The van der Waals surface area contributed by atoms with Crippen LogP contribution in [0.4, 0.5) is 46.5 Å². The number of ether oxygens (including phenoxy) is 2. The lowest BCUT2D eigenvalue weighted by molar-refractivity contribution is -0.141. The Morgan fingerprint density at radius 2 is 1.13 bits per heavy atom. The maximum Gasteiger partial charge on any atom is 0.422 e. The molecule has 0 spiro atoms. The highest BCUT2D eigenvalue weighted by molar-refractivity contribution is 5.53.